The Bertz CT molecular complexity index is 956. The summed E-state index contributed by atoms with van der Waals surface area (Å²) in [7, 11) is 6.45. The molecular weight excluding hydrogens is 434 g/mol. The van der Waals surface area contributed by atoms with Crippen molar-refractivity contribution in [1.82, 2.24) is 9.80 Å². The first kappa shape index (κ1) is 24.6. The predicted octanol–water partition coefficient (Wildman–Crippen LogP) is 4.11. The Kier molecular flexibility index (Phi) is 8.32. The number of hydrogen-bond acceptors (Lipinski definition) is 6. The molecule has 1 atom stereocenters. The third kappa shape index (κ3) is 6.04. The van der Waals surface area contributed by atoms with E-state index in [-0.39, 0.29) is 30.0 Å². The van der Waals surface area contributed by atoms with Crippen LogP contribution in [0, 0.1) is 0 Å². The van der Waals surface area contributed by atoms with Crippen molar-refractivity contribution in [3.8, 4) is 23.0 Å². The summed E-state index contributed by atoms with van der Waals surface area (Å²) < 4.78 is 45.5. The van der Waals surface area contributed by atoms with Gasteiger partial charge in [0.15, 0.2) is 11.5 Å². The van der Waals surface area contributed by atoms with E-state index in [0.29, 0.717) is 24.6 Å². The number of hydrogen-bond donors (Lipinski definition) is 0. The molecule has 1 aliphatic rings. The third-order valence-electron chi connectivity index (χ3n) is 5.67. The zero-order valence-corrected chi connectivity index (χ0v) is 19.3. The molecule has 2 aromatic carbocycles. The molecule has 0 bridgehead atoms. The van der Waals surface area contributed by atoms with Crippen LogP contribution in [0.2, 0.25) is 0 Å². The first-order valence-electron chi connectivity index (χ1n) is 10.7. The number of benzene rings is 2. The number of likely N-dealkylation sites (N-methyl/N-ethyl adjacent to an activating group) is 1. The Hall–Kier alpha value is -3.07. The minimum atomic E-state index is -2.93. The van der Waals surface area contributed by atoms with Gasteiger partial charge in [-0.2, -0.15) is 8.78 Å². The van der Waals surface area contributed by atoms with Crippen LogP contribution >= 0.6 is 0 Å². The van der Waals surface area contributed by atoms with Crippen LogP contribution in [0.15, 0.2) is 36.4 Å². The van der Waals surface area contributed by atoms with Crippen LogP contribution in [0.4, 0.5) is 8.78 Å². The van der Waals surface area contributed by atoms with Gasteiger partial charge in [-0.1, -0.05) is 6.07 Å². The monoisotopic (exact) mass is 464 g/mol. The number of likely N-dealkylation sites (tertiary alicyclic amines) is 1. The second-order valence-corrected chi connectivity index (χ2v) is 7.89. The molecule has 3 rings (SSSR count). The van der Waals surface area contributed by atoms with Gasteiger partial charge in [-0.3, -0.25) is 9.69 Å². The van der Waals surface area contributed by atoms with E-state index in [0.717, 1.165) is 24.0 Å². The highest BCUT2D eigenvalue weighted by molar-refractivity contribution is 5.79. The smallest absolute Gasteiger partial charge is 0.387 e. The van der Waals surface area contributed by atoms with Gasteiger partial charge in [0.25, 0.3) is 0 Å². The number of halogens is 2. The Labute approximate surface area is 192 Å². The van der Waals surface area contributed by atoms with Gasteiger partial charge >= 0.3 is 6.61 Å². The van der Waals surface area contributed by atoms with E-state index in [1.165, 1.54) is 13.2 Å². The topological polar surface area (TPSA) is 60.5 Å². The highest BCUT2D eigenvalue weighted by Crippen LogP contribution is 2.38. The molecule has 1 amide bonds. The van der Waals surface area contributed by atoms with Crippen molar-refractivity contribution in [1.29, 1.82) is 0 Å². The Morgan fingerprint density at radius 3 is 2.48 bits per heavy atom. The first-order valence-corrected chi connectivity index (χ1v) is 10.7. The molecule has 9 heteroatoms. The van der Waals surface area contributed by atoms with E-state index in [2.05, 4.69) is 4.74 Å². The number of alkyl halides is 2. The van der Waals surface area contributed by atoms with Crippen molar-refractivity contribution in [2.24, 2.45) is 0 Å². The fourth-order valence-corrected chi connectivity index (χ4v) is 4.18. The zero-order chi connectivity index (χ0) is 24.0. The van der Waals surface area contributed by atoms with Crippen LogP contribution in [0.25, 0.3) is 0 Å². The predicted molar refractivity (Wildman–Crippen MR) is 119 cm³/mol. The SMILES string of the molecule is COc1ccc(C2CCCN2C(=O)CN(C)Cc2ccc(OC(F)F)c(OC)c2)c(OC)c1. The number of rotatable bonds is 10. The van der Waals surface area contributed by atoms with E-state index in [4.69, 9.17) is 14.2 Å². The summed E-state index contributed by atoms with van der Waals surface area (Å²) >= 11 is 0. The molecular formula is C24H30F2N2O5. The van der Waals surface area contributed by atoms with Crippen molar-refractivity contribution < 1.29 is 32.5 Å². The van der Waals surface area contributed by atoms with E-state index in [9.17, 15) is 13.6 Å². The molecule has 0 radical (unpaired) electrons. The van der Waals surface area contributed by atoms with Crippen LogP contribution in [0.3, 0.4) is 0 Å². The second kappa shape index (κ2) is 11.2. The molecule has 0 saturated carbocycles. The normalized spacial score (nSPS) is 15.8. The van der Waals surface area contributed by atoms with Crippen molar-refractivity contribution in [2.45, 2.75) is 32.0 Å². The molecule has 1 unspecified atom stereocenters. The molecule has 0 aliphatic carbocycles. The average molecular weight is 465 g/mol. The molecule has 33 heavy (non-hydrogen) atoms. The molecule has 0 N–H and O–H groups in total. The molecule has 7 nitrogen and oxygen atoms in total. The zero-order valence-electron chi connectivity index (χ0n) is 19.3. The lowest BCUT2D eigenvalue weighted by molar-refractivity contribution is -0.133. The van der Waals surface area contributed by atoms with Gasteiger partial charge in [-0.15, -0.1) is 0 Å². The summed E-state index contributed by atoms with van der Waals surface area (Å²) in [4.78, 5) is 16.9. The molecule has 0 aromatic heterocycles. The van der Waals surface area contributed by atoms with Crippen LogP contribution in [0.1, 0.15) is 30.0 Å². The van der Waals surface area contributed by atoms with Gasteiger partial charge in [0, 0.05) is 24.7 Å². The van der Waals surface area contributed by atoms with Gasteiger partial charge < -0.3 is 23.8 Å². The van der Waals surface area contributed by atoms with E-state index in [1.807, 2.05) is 35.0 Å². The first-order chi connectivity index (χ1) is 15.9. The molecule has 0 spiro atoms. The summed E-state index contributed by atoms with van der Waals surface area (Å²) in [5, 5.41) is 0. The lowest BCUT2D eigenvalue weighted by atomic mass is 10.0. The van der Waals surface area contributed by atoms with Crippen LogP contribution < -0.4 is 18.9 Å². The molecule has 1 heterocycles. The molecule has 2 aromatic rings. The van der Waals surface area contributed by atoms with Gasteiger partial charge in [0.1, 0.15) is 11.5 Å². The highest BCUT2D eigenvalue weighted by Gasteiger charge is 2.32. The fourth-order valence-electron chi connectivity index (χ4n) is 4.18. The van der Waals surface area contributed by atoms with Crippen LogP contribution in [0.5, 0.6) is 23.0 Å². The van der Waals surface area contributed by atoms with E-state index >= 15 is 0 Å². The standard InChI is InChI=1S/C24H30F2N2O5/c1-27(14-16-7-10-20(33-24(25)26)22(12-16)32-4)15-23(29)28-11-5-6-19(28)18-9-8-17(30-2)13-21(18)31-3/h7-10,12-13,19,24H,5-6,11,14-15H2,1-4H3. The summed E-state index contributed by atoms with van der Waals surface area (Å²) in [5.41, 5.74) is 1.78. The van der Waals surface area contributed by atoms with Crippen molar-refractivity contribution in [2.75, 3.05) is 41.5 Å². The maximum absolute atomic E-state index is 13.1. The number of amides is 1. The van der Waals surface area contributed by atoms with Crippen molar-refractivity contribution >= 4 is 5.91 Å². The summed E-state index contributed by atoms with van der Waals surface area (Å²) in [6, 6.07) is 10.4. The largest absolute Gasteiger partial charge is 0.497 e. The minimum Gasteiger partial charge on any atom is -0.497 e. The maximum Gasteiger partial charge on any atom is 0.387 e. The van der Waals surface area contributed by atoms with Gasteiger partial charge in [-0.05, 0) is 49.7 Å². The van der Waals surface area contributed by atoms with Crippen LogP contribution in [-0.4, -0.2) is 63.8 Å². The Morgan fingerprint density at radius 2 is 1.82 bits per heavy atom. The van der Waals surface area contributed by atoms with Crippen LogP contribution in [-0.2, 0) is 11.3 Å². The highest BCUT2D eigenvalue weighted by atomic mass is 19.3. The fraction of sp³-hybridized carbons (Fsp3) is 0.458. The van der Waals surface area contributed by atoms with Crippen molar-refractivity contribution in [3.05, 3.63) is 47.5 Å². The summed E-state index contributed by atoms with van der Waals surface area (Å²) in [6.45, 7) is -1.59. The lowest BCUT2D eigenvalue weighted by Crippen LogP contribution is -2.38. The summed E-state index contributed by atoms with van der Waals surface area (Å²) in [5.74, 6) is 1.61. The minimum absolute atomic E-state index is 0.0162. The quantitative estimate of drug-likeness (QED) is 0.528. The number of methoxy groups -OCH3 is 3. The molecule has 1 fully saturated rings. The average Bonchev–Trinajstić information content (AvgIpc) is 3.29. The number of ether oxygens (including phenoxy) is 4. The number of carbonyl (C=O) groups excluding carboxylic acids is 1. The molecule has 1 aliphatic heterocycles. The third-order valence-corrected chi connectivity index (χ3v) is 5.67. The van der Waals surface area contributed by atoms with E-state index < -0.39 is 6.61 Å². The molecule has 1 saturated heterocycles. The Balaban J connectivity index is 1.67. The summed E-state index contributed by atoms with van der Waals surface area (Å²) in [6.07, 6.45) is 1.78. The maximum atomic E-state index is 13.1. The van der Waals surface area contributed by atoms with Crippen molar-refractivity contribution in [3.63, 3.8) is 0 Å². The lowest BCUT2D eigenvalue weighted by Gasteiger charge is -2.28. The van der Waals surface area contributed by atoms with Gasteiger partial charge in [0.2, 0.25) is 5.91 Å². The Morgan fingerprint density at radius 1 is 1.06 bits per heavy atom. The number of carbonyl (C=O) groups is 1. The molecule has 180 valence electrons. The van der Waals surface area contributed by atoms with E-state index in [1.54, 1.807) is 26.4 Å². The number of nitrogens with zero attached hydrogens (tertiary/aromatic N) is 2. The van der Waals surface area contributed by atoms with Gasteiger partial charge in [-0.25, -0.2) is 0 Å². The van der Waals surface area contributed by atoms with Gasteiger partial charge in [0.05, 0.1) is 33.9 Å². The second-order valence-electron chi connectivity index (χ2n) is 7.89.